The standard InChI is InChI=1S/C19H26N4O3S/c1-12-21-17-9-13(19(24)22-16-4-2-3-14(16)10-20)5-6-18(17)23(12)15-7-8-27(25,26)11-15/h5-6,9,14-16H,2-4,7-8,10-11,20H2,1H3,(H,22,24)/t14-,15+,16+/m0/s1. The maximum absolute atomic E-state index is 12.7. The van der Waals surface area contributed by atoms with Crippen LogP contribution in [0.25, 0.3) is 11.0 Å². The predicted molar refractivity (Wildman–Crippen MR) is 104 cm³/mol. The molecular weight excluding hydrogens is 364 g/mol. The number of hydrogen-bond acceptors (Lipinski definition) is 5. The zero-order valence-electron chi connectivity index (χ0n) is 15.5. The Hall–Kier alpha value is -1.93. The molecule has 3 atom stereocenters. The van der Waals surface area contributed by atoms with Crippen LogP contribution in [0.2, 0.25) is 0 Å². The Bertz CT molecular complexity index is 982. The van der Waals surface area contributed by atoms with Crippen molar-refractivity contribution in [1.29, 1.82) is 0 Å². The molecule has 0 radical (unpaired) electrons. The van der Waals surface area contributed by atoms with E-state index in [1.54, 1.807) is 12.1 Å². The van der Waals surface area contributed by atoms with Gasteiger partial charge in [-0.2, -0.15) is 0 Å². The molecule has 2 aromatic rings. The Morgan fingerprint density at radius 3 is 2.85 bits per heavy atom. The van der Waals surface area contributed by atoms with E-state index in [4.69, 9.17) is 5.73 Å². The molecule has 7 nitrogen and oxygen atoms in total. The molecule has 0 bridgehead atoms. The number of fused-ring (bicyclic) bond motifs is 1. The lowest BCUT2D eigenvalue weighted by atomic mass is 10.0. The molecule has 2 aliphatic rings. The largest absolute Gasteiger partial charge is 0.349 e. The van der Waals surface area contributed by atoms with Crippen LogP contribution in [0.15, 0.2) is 18.2 Å². The average molecular weight is 391 g/mol. The molecule has 0 spiro atoms. The third-order valence-corrected chi connectivity index (χ3v) is 7.73. The fourth-order valence-electron chi connectivity index (χ4n) is 4.56. The van der Waals surface area contributed by atoms with Gasteiger partial charge in [0.1, 0.15) is 5.82 Å². The van der Waals surface area contributed by atoms with Crippen molar-refractivity contribution in [3.8, 4) is 0 Å². The van der Waals surface area contributed by atoms with E-state index in [1.807, 2.05) is 17.6 Å². The number of benzene rings is 1. The Labute approximate surface area is 159 Å². The number of nitrogens with one attached hydrogen (secondary N) is 1. The summed E-state index contributed by atoms with van der Waals surface area (Å²) in [4.78, 5) is 17.3. The van der Waals surface area contributed by atoms with E-state index < -0.39 is 9.84 Å². The highest BCUT2D eigenvalue weighted by Gasteiger charge is 2.31. The zero-order chi connectivity index (χ0) is 19.2. The van der Waals surface area contributed by atoms with Crippen molar-refractivity contribution in [1.82, 2.24) is 14.9 Å². The van der Waals surface area contributed by atoms with Crippen LogP contribution in [0.1, 0.15) is 47.9 Å². The summed E-state index contributed by atoms with van der Waals surface area (Å²) in [6.45, 7) is 2.48. The van der Waals surface area contributed by atoms with Crippen molar-refractivity contribution in [2.75, 3.05) is 18.1 Å². The van der Waals surface area contributed by atoms with Crippen molar-refractivity contribution in [3.63, 3.8) is 0 Å². The number of nitrogens with two attached hydrogens (primary N) is 1. The topological polar surface area (TPSA) is 107 Å². The molecule has 2 fully saturated rings. The van der Waals surface area contributed by atoms with E-state index >= 15 is 0 Å². The van der Waals surface area contributed by atoms with Gasteiger partial charge in [-0.15, -0.1) is 0 Å². The predicted octanol–water partition coefficient (Wildman–Crippen LogP) is 1.56. The molecule has 8 heteroatoms. The number of imidazole rings is 1. The normalized spacial score (nSPS) is 27.3. The first-order valence-electron chi connectivity index (χ1n) is 9.58. The molecule has 1 aliphatic heterocycles. The molecule has 1 saturated heterocycles. The fraction of sp³-hybridized carbons (Fsp3) is 0.579. The number of carbonyl (C=O) groups is 1. The second kappa shape index (κ2) is 6.91. The zero-order valence-corrected chi connectivity index (χ0v) is 16.3. The Kier molecular flexibility index (Phi) is 4.71. The lowest BCUT2D eigenvalue weighted by Crippen LogP contribution is -2.39. The number of carbonyl (C=O) groups excluding carboxylic acids is 1. The second-order valence-electron chi connectivity index (χ2n) is 7.80. The number of aryl methyl sites for hydroxylation is 1. The Morgan fingerprint density at radius 2 is 2.15 bits per heavy atom. The summed E-state index contributed by atoms with van der Waals surface area (Å²) in [5, 5.41) is 3.12. The Balaban J connectivity index is 1.59. The van der Waals surface area contributed by atoms with Gasteiger partial charge >= 0.3 is 0 Å². The van der Waals surface area contributed by atoms with Crippen LogP contribution < -0.4 is 11.1 Å². The highest BCUT2D eigenvalue weighted by atomic mass is 32.2. The summed E-state index contributed by atoms with van der Waals surface area (Å²) >= 11 is 0. The van der Waals surface area contributed by atoms with Crippen LogP contribution >= 0.6 is 0 Å². The van der Waals surface area contributed by atoms with E-state index in [2.05, 4.69) is 10.3 Å². The van der Waals surface area contributed by atoms with Gasteiger partial charge in [-0.3, -0.25) is 4.79 Å². The van der Waals surface area contributed by atoms with Gasteiger partial charge in [0.2, 0.25) is 0 Å². The molecule has 1 amide bonds. The highest BCUT2D eigenvalue weighted by molar-refractivity contribution is 7.91. The van der Waals surface area contributed by atoms with Crippen molar-refractivity contribution >= 4 is 26.8 Å². The molecule has 27 heavy (non-hydrogen) atoms. The summed E-state index contributed by atoms with van der Waals surface area (Å²) in [5.74, 6) is 1.41. The van der Waals surface area contributed by atoms with Gasteiger partial charge in [-0.05, 0) is 56.8 Å². The second-order valence-corrected chi connectivity index (χ2v) is 10.0. The van der Waals surface area contributed by atoms with E-state index in [0.29, 0.717) is 24.4 Å². The lowest BCUT2D eigenvalue weighted by molar-refractivity contribution is 0.0929. The summed E-state index contributed by atoms with van der Waals surface area (Å²) in [5.41, 5.74) is 7.99. The monoisotopic (exact) mass is 390 g/mol. The first kappa shape index (κ1) is 18.4. The third kappa shape index (κ3) is 3.48. The van der Waals surface area contributed by atoms with Crippen molar-refractivity contribution < 1.29 is 13.2 Å². The average Bonchev–Trinajstić information content (AvgIpc) is 3.30. The summed E-state index contributed by atoms with van der Waals surface area (Å²) in [7, 11) is -2.97. The van der Waals surface area contributed by atoms with Crippen molar-refractivity contribution in [3.05, 3.63) is 29.6 Å². The number of aromatic nitrogens is 2. The van der Waals surface area contributed by atoms with Gasteiger partial charge in [0.25, 0.3) is 5.91 Å². The van der Waals surface area contributed by atoms with E-state index in [1.165, 1.54) is 0 Å². The van der Waals surface area contributed by atoms with Gasteiger partial charge in [-0.1, -0.05) is 6.42 Å². The van der Waals surface area contributed by atoms with Crippen LogP contribution in [0, 0.1) is 12.8 Å². The number of rotatable bonds is 4. The van der Waals surface area contributed by atoms with Crippen LogP contribution in [-0.4, -0.2) is 48.0 Å². The van der Waals surface area contributed by atoms with Crippen LogP contribution in [0.3, 0.4) is 0 Å². The SMILES string of the molecule is Cc1nc2cc(C(=O)N[C@@H]3CCC[C@H]3CN)ccc2n1[C@@H]1CCS(=O)(=O)C1. The van der Waals surface area contributed by atoms with E-state index in [0.717, 1.165) is 36.1 Å². The molecule has 1 aliphatic carbocycles. The summed E-state index contributed by atoms with van der Waals surface area (Å²) < 4.78 is 25.7. The number of amides is 1. The van der Waals surface area contributed by atoms with E-state index in [9.17, 15) is 13.2 Å². The molecule has 1 saturated carbocycles. The number of sulfone groups is 1. The lowest BCUT2D eigenvalue weighted by Gasteiger charge is -2.19. The highest BCUT2D eigenvalue weighted by Crippen LogP contribution is 2.30. The smallest absolute Gasteiger partial charge is 0.251 e. The van der Waals surface area contributed by atoms with Crippen LogP contribution in [-0.2, 0) is 9.84 Å². The molecular formula is C19H26N4O3S. The quantitative estimate of drug-likeness (QED) is 0.824. The first-order chi connectivity index (χ1) is 12.9. The minimum Gasteiger partial charge on any atom is -0.349 e. The third-order valence-electron chi connectivity index (χ3n) is 5.98. The molecule has 146 valence electrons. The molecule has 2 heterocycles. The van der Waals surface area contributed by atoms with Gasteiger partial charge in [0.05, 0.1) is 28.6 Å². The van der Waals surface area contributed by atoms with Crippen LogP contribution in [0.4, 0.5) is 0 Å². The van der Waals surface area contributed by atoms with Gasteiger partial charge in [0, 0.05) is 11.6 Å². The van der Waals surface area contributed by atoms with Crippen molar-refractivity contribution in [2.45, 2.75) is 44.7 Å². The van der Waals surface area contributed by atoms with Gasteiger partial charge in [0.15, 0.2) is 9.84 Å². The maximum atomic E-state index is 12.7. The van der Waals surface area contributed by atoms with Gasteiger partial charge < -0.3 is 15.6 Å². The molecule has 0 unspecified atom stereocenters. The minimum absolute atomic E-state index is 0.0801. The summed E-state index contributed by atoms with van der Waals surface area (Å²) in [6.07, 6.45) is 3.74. The van der Waals surface area contributed by atoms with E-state index in [-0.39, 0.29) is 29.5 Å². The number of hydrogen-bond donors (Lipinski definition) is 2. The molecule has 3 N–H and O–H groups in total. The van der Waals surface area contributed by atoms with Gasteiger partial charge in [-0.25, -0.2) is 13.4 Å². The molecule has 1 aromatic heterocycles. The maximum Gasteiger partial charge on any atom is 0.251 e. The van der Waals surface area contributed by atoms with Crippen molar-refractivity contribution in [2.24, 2.45) is 11.7 Å². The summed E-state index contributed by atoms with van der Waals surface area (Å²) in [6, 6.07) is 5.53. The molecule has 4 rings (SSSR count). The molecule has 1 aromatic carbocycles. The number of nitrogens with zero attached hydrogens (tertiary/aromatic N) is 2. The van der Waals surface area contributed by atoms with Crippen LogP contribution in [0.5, 0.6) is 0 Å². The minimum atomic E-state index is -2.97. The Morgan fingerprint density at radius 1 is 1.33 bits per heavy atom. The fourth-order valence-corrected chi connectivity index (χ4v) is 6.26. The first-order valence-corrected chi connectivity index (χ1v) is 11.4.